The molecule has 0 aliphatic carbocycles. The van der Waals surface area contributed by atoms with Gasteiger partial charge in [0.05, 0.1) is 0 Å². The number of hydrogen-bond acceptors (Lipinski definition) is 6. The van der Waals surface area contributed by atoms with Crippen molar-refractivity contribution in [3.05, 3.63) is 29.3 Å². The van der Waals surface area contributed by atoms with Gasteiger partial charge in [-0.3, -0.25) is 9.59 Å². The number of rotatable bonds is 4. The molecule has 7 nitrogen and oxygen atoms in total. The molecular formula is C16H18F3NO6S. The molecule has 2 rings (SSSR count). The zero-order valence-electron chi connectivity index (χ0n) is 14.8. The van der Waals surface area contributed by atoms with E-state index in [2.05, 4.69) is 4.18 Å². The quantitative estimate of drug-likeness (QED) is 0.431. The Morgan fingerprint density at radius 3 is 2.41 bits per heavy atom. The maximum atomic E-state index is 12.5. The van der Waals surface area contributed by atoms with Gasteiger partial charge in [0.2, 0.25) is 0 Å². The molecule has 1 heterocycles. The van der Waals surface area contributed by atoms with Crippen molar-refractivity contribution in [3.8, 4) is 5.75 Å². The zero-order chi connectivity index (χ0) is 20.6. The lowest BCUT2D eigenvalue weighted by Gasteiger charge is -2.29. The van der Waals surface area contributed by atoms with E-state index in [0.717, 1.165) is 12.1 Å². The molecule has 1 aliphatic rings. The molecule has 1 aliphatic heterocycles. The number of esters is 1. The Hall–Kier alpha value is -2.30. The van der Waals surface area contributed by atoms with Crippen LogP contribution in [-0.2, 0) is 26.1 Å². The molecule has 0 unspecified atom stereocenters. The second-order valence-electron chi connectivity index (χ2n) is 6.87. The van der Waals surface area contributed by atoms with Crippen molar-refractivity contribution in [1.82, 2.24) is 4.90 Å². The molecule has 0 atom stereocenters. The van der Waals surface area contributed by atoms with Crippen molar-refractivity contribution in [2.24, 2.45) is 0 Å². The molecule has 1 aromatic rings. The number of amides is 1. The van der Waals surface area contributed by atoms with E-state index in [-0.39, 0.29) is 25.1 Å². The molecule has 1 amide bonds. The number of nitrogens with zero attached hydrogens (tertiary/aromatic N) is 1. The van der Waals surface area contributed by atoms with Gasteiger partial charge in [-0.2, -0.15) is 21.6 Å². The Morgan fingerprint density at radius 1 is 1.22 bits per heavy atom. The summed E-state index contributed by atoms with van der Waals surface area (Å²) in [6.45, 7) is 4.93. The summed E-state index contributed by atoms with van der Waals surface area (Å²) in [4.78, 5) is 25.6. The van der Waals surface area contributed by atoms with Crippen LogP contribution in [0.3, 0.4) is 0 Å². The third kappa shape index (κ3) is 5.12. The van der Waals surface area contributed by atoms with Crippen molar-refractivity contribution < 1.29 is 40.1 Å². The molecule has 0 aromatic heterocycles. The number of carbonyl (C=O) groups is 2. The first-order valence-electron chi connectivity index (χ1n) is 7.84. The predicted octanol–water partition coefficient (Wildman–Crippen LogP) is 2.26. The van der Waals surface area contributed by atoms with E-state index in [1.165, 1.54) is 11.0 Å². The summed E-state index contributed by atoms with van der Waals surface area (Å²) in [7, 11) is -5.79. The molecule has 0 bridgehead atoms. The maximum absolute atomic E-state index is 12.5. The number of benzene rings is 1. The van der Waals surface area contributed by atoms with Crippen molar-refractivity contribution in [3.63, 3.8) is 0 Å². The van der Waals surface area contributed by atoms with Crippen molar-refractivity contribution in [1.29, 1.82) is 0 Å². The minimum absolute atomic E-state index is 0.126. The first kappa shape index (κ1) is 21.0. The second-order valence-corrected chi connectivity index (χ2v) is 8.40. The van der Waals surface area contributed by atoms with E-state index >= 15 is 0 Å². The highest BCUT2D eigenvalue weighted by molar-refractivity contribution is 7.88. The number of fused-ring (bicyclic) bond motifs is 1. The fourth-order valence-corrected chi connectivity index (χ4v) is 2.87. The van der Waals surface area contributed by atoms with Gasteiger partial charge in [-0.05, 0) is 51.0 Å². The molecule has 0 saturated carbocycles. The Bertz CT molecular complexity index is 858. The second kappa shape index (κ2) is 7.02. The van der Waals surface area contributed by atoms with Gasteiger partial charge in [-0.25, -0.2) is 0 Å². The molecule has 0 spiro atoms. The molecule has 0 saturated heterocycles. The lowest BCUT2D eigenvalue weighted by molar-refractivity contribution is -0.155. The van der Waals surface area contributed by atoms with Gasteiger partial charge in [-0.1, -0.05) is 0 Å². The van der Waals surface area contributed by atoms with Gasteiger partial charge in [0.25, 0.3) is 5.91 Å². The van der Waals surface area contributed by atoms with Crippen molar-refractivity contribution >= 4 is 22.0 Å². The largest absolute Gasteiger partial charge is 0.534 e. The molecule has 0 fully saturated rings. The standard InChI is InChI=1S/C16H18F3NO6S/c1-15(2,3)25-13(21)9-20-7-6-10-8-11(4-5-12(10)14(20)22)26-27(23,24)16(17,18)19/h4-5,8H,6-7,9H2,1-3H3. The highest BCUT2D eigenvalue weighted by Crippen LogP contribution is 2.29. The van der Waals surface area contributed by atoms with Crippen molar-refractivity contribution in [2.45, 2.75) is 38.3 Å². The third-order valence-corrected chi connectivity index (χ3v) is 4.45. The number of hydrogen-bond donors (Lipinski definition) is 0. The first-order valence-corrected chi connectivity index (χ1v) is 9.25. The van der Waals surface area contributed by atoms with E-state index in [1.54, 1.807) is 20.8 Å². The molecule has 11 heteroatoms. The van der Waals surface area contributed by atoms with Crippen LogP contribution < -0.4 is 4.18 Å². The Kier molecular flexibility index (Phi) is 5.46. The minimum atomic E-state index is -5.79. The van der Waals surface area contributed by atoms with Gasteiger partial charge in [-0.15, -0.1) is 0 Å². The molecule has 0 N–H and O–H groups in total. The molecule has 27 heavy (non-hydrogen) atoms. The summed E-state index contributed by atoms with van der Waals surface area (Å²) in [5.41, 5.74) is -5.77. The Morgan fingerprint density at radius 2 is 1.85 bits per heavy atom. The Labute approximate surface area is 154 Å². The topological polar surface area (TPSA) is 90.0 Å². The monoisotopic (exact) mass is 409 g/mol. The van der Waals surface area contributed by atoms with Crippen LogP contribution in [-0.4, -0.2) is 49.4 Å². The predicted molar refractivity (Wildman–Crippen MR) is 87.5 cm³/mol. The third-order valence-electron chi connectivity index (χ3n) is 3.47. The van der Waals surface area contributed by atoms with Crippen LogP contribution in [0.15, 0.2) is 18.2 Å². The average molecular weight is 409 g/mol. The number of carbonyl (C=O) groups excluding carboxylic acids is 2. The van der Waals surface area contributed by atoms with Crippen molar-refractivity contribution in [2.75, 3.05) is 13.1 Å². The summed E-state index contributed by atoms with van der Waals surface area (Å²) in [6, 6.07) is 3.19. The van der Waals surface area contributed by atoms with E-state index in [9.17, 15) is 31.2 Å². The van der Waals surface area contributed by atoms with Gasteiger partial charge >= 0.3 is 21.6 Å². The molecular weight excluding hydrogens is 391 g/mol. The molecule has 0 radical (unpaired) electrons. The van der Waals surface area contributed by atoms with Gasteiger partial charge in [0, 0.05) is 12.1 Å². The number of alkyl halides is 3. The van der Waals surface area contributed by atoms with E-state index in [1.807, 2.05) is 0 Å². The summed E-state index contributed by atoms with van der Waals surface area (Å²) in [6.07, 6.45) is 0.215. The lowest BCUT2D eigenvalue weighted by Crippen LogP contribution is -2.42. The summed E-state index contributed by atoms with van der Waals surface area (Å²) in [5.74, 6) is -1.64. The maximum Gasteiger partial charge on any atom is 0.534 e. The number of halogens is 3. The van der Waals surface area contributed by atoms with Crippen LogP contribution in [0, 0.1) is 0 Å². The smallest absolute Gasteiger partial charge is 0.459 e. The van der Waals surface area contributed by atoms with Crippen LogP contribution in [0.2, 0.25) is 0 Å². The van der Waals surface area contributed by atoms with Crippen LogP contribution >= 0.6 is 0 Å². The number of ether oxygens (including phenoxy) is 1. The molecule has 150 valence electrons. The molecule has 1 aromatic carbocycles. The lowest BCUT2D eigenvalue weighted by atomic mass is 9.99. The average Bonchev–Trinajstić information content (AvgIpc) is 2.46. The summed E-state index contributed by atoms with van der Waals surface area (Å²) in [5, 5.41) is 0. The van der Waals surface area contributed by atoms with Crippen LogP contribution in [0.4, 0.5) is 13.2 Å². The van der Waals surface area contributed by atoms with Crippen LogP contribution in [0.1, 0.15) is 36.7 Å². The summed E-state index contributed by atoms with van der Waals surface area (Å²) >= 11 is 0. The fourth-order valence-electron chi connectivity index (χ4n) is 2.42. The zero-order valence-corrected chi connectivity index (χ0v) is 15.6. The first-order chi connectivity index (χ1) is 12.2. The minimum Gasteiger partial charge on any atom is -0.459 e. The van der Waals surface area contributed by atoms with Gasteiger partial charge < -0.3 is 13.8 Å². The van der Waals surface area contributed by atoms with Crippen LogP contribution in [0.25, 0.3) is 0 Å². The summed E-state index contributed by atoms with van der Waals surface area (Å²) < 4.78 is 68.5. The van der Waals surface area contributed by atoms with E-state index in [4.69, 9.17) is 4.74 Å². The normalized spacial score (nSPS) is 15.3. The van der Waals surface area contributed by atoms with E-state index < -0.39 is 38.9 Å². The highest BCUT2D eigenvalue weighted by atomic mass is 32.2. The van der Waals surface area contributed by atoms with Crippen LogP contribution in [0.5, 0.6) is 5.75 Å². The fraction of sp³-hybridized carbons (Fsp3) is 0.500. The van der Waals surface area contributed by atoms with E-state index in [0.29, 0.717) is 5.56 Å². The SMILES string of the molecule is CC(C)(C)OC(=O)CN1CCc2cc(OS(=O)(=O)C(F)(F)F)ccc2C1=O. The Balaban J connectivity index is 2.15. The van der Waals surface area contributed by atoms with Gasteiger partial charge in [0.1, 0.15) is 17.9 Å². The highest BCUT2D eigenvalue weighted by Gasteiger charge is 2.48. The van der Waals surface area contributed by atoms with Gasteiger partial charge in [0.15, 0.2) is 0 Å².